The minimum atomic E-state index is 0.161. The van der Waals surface area contributed by atoms with E-state index in [-0.39, 0.29) is 12.0 Å². The summed E-state index contributed by atoms with van der Waals surface area (Å²) in [6, 6.07) is 10.5. The summed E-state index contributed by atoms with van der Waals surface area (Å²) in [4.78, 5) is 15.6. The van der Waals surface area contributed by atoms with E-state index >= 15 is 0 Å². The Hall–Kier alpha value is -1.39. The molecule has 1 atom stereocenters. The minimum Gasteiger partial charge on any atom is -0.376 e. The number of hydrogen-bond acceptors (Lipinski definition) is 3. The Morgan fingerprint density at radius 1 is 1.35 bits per heavy atom. The highest BCUT2D eigenvalue weighted by Gasteiger charge is 2.22. The summed E-state index contributed by atoms with van der Waals surface area (Å²) >= 11 is 0. The third-order valence-corrected chi connectivity index (χ3v) is 3.68. The fraction of sp³-hybridized carbons (Fsp3) is 0.562. The quantitative estimate of drug-likeness (QED) is 0.815. The molecule has 4 heteroatoms. The van der Waals surface area contributed by atoms with E-state index in [0.717, 1.165) is 32.5 Å². The molecule has 2 rings (SSSR count). The molecule has 1 aromatic rings. The molecule has 1 fully saturated rings. The second-order valence-electron chi connectivity index (χ2n) is 5.54. The lowest BCUT2D eigenvalue weighted by Gasteiger charge is -2.33. The highest BCUT2D eigenvalue weighted by atomic mass is 16.5. The number of rotatable bonds is 5. The Morgan fingerprint density at radius 2 is 2.10 bits per heavy atom. The van der Waals surface area contributed by atoms with Crippen LogP contribution in [-0.2, 0) is 16.0 Å². The van der Waals surface area contributed by atoms with Crippen LogP contribution in [0.2, 0.25) is 0 Å². The summed E-state index contributed by atoms with van der Waals surface area (Å²) in [6.07, 6.45) is 2.27. The summed E-state index contributed by atoms with van der Waals surface area (Å²) < 4.78 is 5.81. The van der Waals surface area contributed by atoms with Crippen LogP contribution in [0.4, 0.5) is 0 Å². The predicted molar refractivity (Wildman–Crippen MR) is 79.6 cm³/mol. The van der Waals surface area contributed by atoms with Gasteiger partial charge in [-0.25, -0.2) is 0 Å². The van der Waals surface area contributed by atoms with Crippen LogP contribution >= 0.6 is 0 Å². The Kier molecular flexibility index (Phi) is 5.56. The molecule has 0 radical (unpaired) electrons. The zero-order valence-electron chi connectivity index (χ0n) is 12.4. The first-order chi connectivity index (χ1) is 9.65. The third-order valence-electron chi connectivity index (χ3n) is 3.68. The minimum absolute atomic E-state index is 0.161. The van der Waals surface area contributed by atoms with E-state index in [0.29, 0.717) is 6.54 Å². The fourth-order valence-electron chi connectivity index (χ4n) is 2.40. The van der Waals surface area contributed by atoms with Crippen molar-refractivity contribution in [2.24, 2.45) is 0 Å². The smallest absolute Gasteiger partial charge is 0.236 e. The van der Waals surface area contributed by atoms with Crippen molar-refractivity contribution in [2.45, 2.75) is 18.9 Å². The van der Waals surface area contributed by atoms with Crippen molar-refractivity contribution in [3.8, 4) is 0 Å². The molecule has 1 aromatic carbocycles. The molecule has 1 aliphatic rings. The summed E-state index contributed by atoms with van der Waals surface area (Å²) in [5.74, 6) is 0.161. The molecular formula is C16H24N2O2. The monoisotopic (exact) mass is 276 g/mol. The normalized spacial score (nSPS) is 19.8. The van der Waals surface area contributed by atoms with Crippen LogP contribution in [0, 0.1) is 0 Å². The van der Waals surface area contributed by atoms with E-state index in [2.05, 4.69) is 29.2 Å². The van der Waals surface area contributed by atoms with Gasteiger partial charge in [-0.3, -0.25) is 9.69 Å². The summed E-state index contributed by atoms with van der Waals surface area (Å²) in [5.41, 5.74) is 1.34. The molecule has 0 aromatic heterocycles. The molecule has 1 aliphatic heterocycles. The average molecular weight is 276 g/mol. The van der Waals surface area contributed by atoms with Crippen molar-refractivity contribution in [1.29, 1.82) is 0 Å². The van der Waals surface area contributed by atoms with Crippen molar-refractivity contribution in [3.05, 3.63) is 35.9 Å². The van der Waals surface area contributed by atoms with Crippen molar-refractivity contribution < 1.29 is 9.53 Å². The van der Waals surface area contributed by atoms with Crippen molar-refractivity contribution >= 4 is 5.91 Å². The van der Waals surface area contributed by atoms with E-state index < -0.39 is 0 Å². The first-order valence-electron chi connectivity index (χ1n) is 7.23. The lowest BCUT2D eigenvalue weighted by atomic mass is 10.1. The first kappa shape index (κ1) is 15.0. The maximum atomic E-state index is 11.7. The standard InChI is InChI=1S/C16H24N2O2/c1-17(2)16(19)13-18-10-11-20-15(12-18)9-8-14-6-4-3-5-7-14/h3-7,15H,8-13H2,1-2H3/t15-/m0/s1. The number of carbonyl (C=O) groups excluding carboxylic acids is 1. The van der Waals surface area contributed by atoms with Gasteiger partial charge in [0.25, 0.3) is 0 Å². The van der Waals surface area contributed by atoms with Crippen molar-refractivity contribution in [3.63, 3.8) is 0 Å². The van der Waals surface area contributed by atoms with Gasteiger partial charge in [0.15, 0.2) is 0 Å². The molecule has 20 heavy (non-hydrogen) atoms. The Balaban J connectivity index is 1.77. The average Bonchev–Trinajstić information content (AvgIpc) is 2.46. The van der Waals surface area contributed by atoms with Gasteiger partial charge in [-0.05, 0) is 18.4 Å². The fourth-order valence-corrected chi connectivity index (χ4v) is 2.40. The second-order valence-corrected chi connectivity index (χ2v) is 5.54. The molecule has 0 saturated carbocycles. The summed E-state index contributed by atoms with van der Waals surface area (Å²) in [5, 5.41) is 0. The van der Waals surface area contributed by atoms with Crippen LogP contribution in [0.25, 0.3) is 0 Å². The van der Waals surface area contributed by atoms with E-state index in [1.165, 1.54) is 5.56 Å². The van der Waals surface area contributed by atoms with E-state index in [1.54, 1.807) is 19.0 Å². The third kappa shape index (κ3) is 4.62. The van der Waals surface area contributed by atoms with Gasteiger partial charge in [0.1, 0.15) is 0 Å². The van der Waals surface area contributed by atoms with Crippen molar-refractivity contribution in [2.75, 3.05) is 40.3 Å². The van der Waals surface area contributed by atoms with Gasteiger partial charge in [0.05, 0.1) is 19.3 Å². The SMILES string of the molecule is CN(C)C(=O)CN1CCO[C@@H](CCc2ccccc2)C1. The van der Waals surface area contributed by atoms with Gasteiger partial charge in [-0.2, -0.15) is 0 Å². The van der Waals surface area contributed by atoms with Gasteiger partial charge >= 0.3 is 0 Å². The van der Waals surface area contributed by atoms with E-state index in [4.69, 9.17) is 4.74 Å². The maximum absolute atomic E-state index is 11.7. The van der Waals surface area contributed by atoms with Crippen LogP contribution in [-0.4, -0.2) is 62.1 Å². The predicted octanol–water partition coefficient (Wildman–Crippen LogP) is 1.41. The lowest BCUT2D eigenvalue weighted by Crippen LogP contribution is -2.46. The van der Waals surface area contributed by atoms with Crippen LogP contribution in [0.5, 0.6) is 0 Å². The first-order valence-corrected chi connectivity index (χ1v) is 7.23. The number of amides is 1. The van der Waals surface area contributed by atoms with Gasteiger partial charge < -0.3 is 9.64 Å². The maximum Gasteiger partial charge on any atom is 0.236 e. The Morgan fingerprint density at radius 3 is 2.80 bits per heavy atom. The lowest BCUT2D eigenvalue weighted by molar-refractivity contribution is -0.132. The molecule has 0 unspecified atom stereocenters. The highest BCUT2D eigenvalue weighted by Crippen LogP contribution is 2.12. The Bertz CT molecular complexity index is 420. The molecule has 110 valence electrons. The molecule has 1 amide bonds. The number of likely N-dealkylation sites (N-methyl/N-ethyl adjacent to an activating group) is 1. The topological polar surface area (TPSA) is 32.8 Å². The number of benzene rings is 1. The molecule has 0 bridgehead atoms. The van der Waals surface area contributed by atoms with Crippen LogP contribution < -0.4 is 0 Å². The van der Waals surface area contributed by atoms with Crippen LogP contribution in [0.3, 0.4) is 0 Å². The zero-order chi connectivity index (χ0) is 14.4. The van der Waals surface area contributed by atoms with E-state index in [1.807, 2.05) is 6.07 Å². The van der Waals surface area contributed by atoms with E-state index in [9.17, 15) is 4.79 Å². The Labute approximate surface area is 121 Å². The van der Waals surface area contributed by atoms with Gasteiger partial charge in [-0.15, -0.1) is 0 Å². The summed E-state index contributed by atoms with van der Waals surface area (Å²) in [6.45, 7) is 2.92. The second kappa shape index (κ2) is 7.41. The van der Waals surface area contributed by atoms with Crippen LogP contribution in [0.1, 0.15) is 12.0 Å². The summed E-state index contributed by atoms with van der Waals surface area (Å²) in [7, 11) is 3.60. The molecule has 0 spiro atoms. The number of morpholine rings is 1. The van der Waals surface area contributed by atoms with Gasteiger partial charge in [0, 0.05) is 27.2 Å². The number of nitrogens with zero attached hydrogens (tertiary/aromatic N) is 2. The van der Waals surface area contributed by atoms with Gasteiger partial charge in [-0.1, -0.05) is 30.3 Å². The zero-order valence-corrected chi connectivity index (χ0v) is 12.4. The molecule has 0 aliphatic carbocycles. The molecule has 0 N–H and O–H groups in total. The number of hydrogen-bond donors (Lipinski definition) is 0. The van der Waals surface area contributed by atoms with Crippen molar-refractivity contribution in [1.82, 2.24) is 9.80 Å². The largest absolute Gasteiger partial charge is 0.376 e. The van der Waals surface area contributed by atoms with Gasteiger partial charge in [0.2, 0.25) is 5.91 Å². The molecule has 1 saturated heterocycles. The number of ether oxygens (including phenoxy) is 1. The molecule has 1 heterocycles. The highest BCUT2D eigenvalue weighted by molar-refractivity contribution is 5.77. The molecular weight excluding hydrogens is 252 g/mol. The molecule has 4 nitrogen and oxygen atoms in total. The number of carbonyl (C=O) groups is 1. The van der Waals surface area contributed by atoms with Crippen LogP contribution in [0.15, 0.2) is 30.3 Å². The number of aryl methyl sites for hydroxylation is 1.